The van der Waals surface area contributed by atoms with Crippen LogP contribution in [0.1, 0.15) is 50.7 Å². The lowest BCUT2D eigenvalue weighted by Gasteiger charge is -2.48. The van der Waals surface area contributed by atoms with Crippen LogP contribution in [0.5, 0.6) is 0 Å². The number of nitrogens with one attached hydrogen (secondary N) is 1. The van der Waals surface area contributed by atoms with Crippen LogP contribution < -0.4 is 4.72 Å². The maximum Gasteiger partial charge on any atom is 0.416 e. The van der Waals surface area contributed by atoms with Gasteiger partial charge in [0.05, 0.1) is 15.7 Å². The molecule has 1 aliphatic carbocycles. The largest absolute Gasteiger partial charge is 0.416 e. The molecule has 2 fully saturated rings. The first-order valence-corrected chi connectivity index (χ1v) is 14.5. The Balaban J connectivity index is 1.85. The smallest absolute Gasteiger partial charge is 0.223 e. The number of hydrogen-bond donors (Lipinski definition) is 1. The molecule has 2 aliphatic rings. The van der Waals surface area contributed by atoms with Crippen LogP contribution in [0.15, 0.2) is 47.4 Å². The fraction of sp³-hybridized carbons (Fsp3) is 0.500. The third kappa shape index (κ3) is 4.56. The van der Waals surface area contributed by atoms with Gasteiger partial charge in [0.1, 0.15) is 16.4 Å². The molecule has 0 spiro atoms. The highest BCUT2D eigenvalue weighted by Crippen LogP contribution is 2.52. The summed E-state index contributed by atoms with van der Waals surface area (Å²) in [5, 5.41) is -0.805. The Morgan fingerprint density at radius 1 is 1.06 bits per heavy atom. The number of fused-ring (bicyclic) bond motifs is 1. The molecule has 0 bridgehead atoms. The van der Waals surface area contributed by atoms with E-state index >= 15 is 4.39 Å². The summed E-state index contributed by atoms with van der Waals surface area (Å²) in [6, 6.07) is 4.82. The van der Waals surface area contributed by atoms with Crippen molar-refractivity contribution in [2.24, 2.45) is 11.8 Å². The van der Waals surface area contributed by atoms with Gasteiger partial charge in [0.25, 0.3) is 0 Å². The lowest BCUT2D eigenvalue weighted by molar-refractivity contribution is -0.137. The highest BCUT2D eigenvalue weighted by molar-refractivity contribution is 7.92. The summed E-state index contributed by atoms with van der Waals surface area (Å²) < 4.78 is 123. The van der Waals surface area contributed by atoms with Gasteiger partial charge in [0.2, 0.25) is 10.0 Å². The Morgan fingerprint density at radius 3 is 2.28 bits per heavy atom. The maximum absolute atomic E-state index is 15.1. The molecule has 0 amide bonds. The van der Waals surface area contributed by atoms with Crippen molar-refractivity contribution in [1.82, 2.24) is 4.72 Å². The highest BCUT2D eigenvalue weighted by atomic mass is 32.2. The second-order valence-electron chi connectivity index (χ2n) is 9.93. The molecule has 4 atom stereocenters. The van der Waals surface area contributed by atoms with Gasteiger partial charge < -0.3 is 0 Å². The molecule has 5 nitrogen and oxygen atoms in total. The summed E-state index contributed by atoms with van der Waals surface area (Å²) in [7, 11) is -8.20. The summed E-state index contributed by atoms with van der Waals surface area (Å²) in [6.07, 6.45) is -4.98. The van der Waals surface area contributed by atoms with E-state index in [0.29, 0.717) is 12.1 Å². The molecule has 12 heteroatoms. The molecule has 1 aliphatic heterocycles. The Morgan fingerprint density at radius 2 is 1.69 bits per heavy atom. The molecule has 4 rings (SSSR count). The van der Waals surface area contributed by atoms with Crippen LogP contribution >= 0.6 is 0 Å². The number of sulfone groups is 1. The van der Waals surface area contributed by atoms with Crippen molar-refractivity contribution in [1.29, 1.82) is 0 Å². The monoisotopic (exact) mass is 551 g/mol. The highest BCUT2D eigenvalue weighted by Gasteiger charge is 2.55. The number of benzene rings is 2. The molecule has 198 valence electrons. The number of alkyl halides is 3. The molecule has 36 heavy (non-hydrogen) atoms. The topological polar surface area (TPSA) is 80.3 Å². The Kier molecular flexibility index (Phi) is 6.79. The molecule has 2 aromatic carbocycles. The average Bonchev–Trinajstić information content (AvgIpc) is 2.78. The van der Waals surface area contributed by atoms with Gasteiger partial charge in [0, 0.05) is 11.6 Å². The van der Waals surface area contributed by atoms with E-state index in [0.717, 1.165) is 30.3 Å². The van der Waals surface area contributed by atoms with E-state index in [1.165, 1.54) is 0 Å². The molecule has 1 heterocycles. The van der Waals surface area contributed by atoms with Gasteiger partial charge in [-0.05, 0) is 80.0 Å². The zero-order valence-corrected chi connectivity index (χ0v) is 21.2. The van der Waals surface area contributed by atoms with Crippen molar-refractivity contribution < 1.29 is 38.8 Å². The van der Waals surface area contributed by atoms with Gasteiger partial charge in [-0.15, -0.1) is 0 Å². The minimum absolute atomic E-state index is 0.0323. The molecule has 0 radical (unpaired) electrons. The predicted octanol–water partition coefficient (Wildman–Crippen LogP) is 5.17. The molecule has 1 N–H and O–H groups in total. The van der Waals surface area contributed by atoms with Crippen LogP contribution in [0.2, 0.25) is 0 Å². The predicted molar refractivity (Wildman–Crippen MR) is 123 cm³/mol. The second kappa shape index (κ2) is 9.05. The minimum atomic E-state index is -4.68. The van der Waals surface area contributed by atoms with E-state index < -0.39 is 75.7 Å². The van der Waals surface area contributed by atoms with Crippen molar-refractivity contribution in [2.45, 2.75) is 66.6 Å². The van der Waals surface area contributed by atoms with Crippen molar-refractivity contribution in [3.05, 3.63) is 65.2 Å². The van der Waals surface area contributed by atoms with Gasteiger partial charge >= 0.3 is 6.18 Å². The van der Waals surface area contributed by atoms with Gasteiger partial charge in [0.15, 0.2) is 9.84 Å². The van der Waals surface area contributed by atoms with Gasteiger partial charge in [-0.25, -0.2) is 30.3 Å². The normalized spacial score (nSPS) is 28.6. The second-order valence-corrected chi connectivity index (χ2v) is 14.1. The lowest BCUT2D eigenvalue weighted by atomic mass is 9.72. The molecule has 0 aromatic heterocycles. The molecule has 2 aromatic rings. The standard InChI is InChI=1S/C24H26F5NO4S2/c1-14(2)22-11-15-13-23(10-9-21(15)30-36(22,33)34,19-12-17(25)5-8-20(19)26)35(31,32)18-6-3-16(4-7-18)24(27,28)29/h3-8,12,14-15,21-22,30H,9-11,13H2,1-2H3/t15?,21?,22-,23?/m0/s1. The van der Waals surface area contributed by atoms with Crippen LogP contribution in [0.4, 0.5) is 22.0 Å². The van der Waals surface area contributed by atoms with E-state index in [-0.39, 0.29) is 31.6 Å². The summed E-state index contributed by atoms with van der Waals surface area (Å²) in [5.41, 5.74) is -1.45. The van der Waals surface area contributed by atoms with Crippen LogP contribution in [0.3, 0.4) is 0 Å². The van der Waals surface area contributed by atoms with E-state index in [2.05, 4.69) is 4.72 Å². The minimum Gasteiger partial charge on any atom is -0.223 e. The van der Waals surface area contributed by atoms with E-state index in [1.54, 1.807) is 13.8 Å². The maximum atomic E-state index is 15.1. The third-order valence-corrected chi connectivity index (χ3v) is 12.1. The summed E-state index contributed by atoms with van der Waals surface area (Å²) in [4.78, 5) is -0.450. The third-order valence-electron chi connectivity index (χ3n) is 7.44. The van der Waals surface area contributed by atoms with Crippen LogP contribution in [0, 0.1) is 23.5 Å². The number of halogens is 5. The molecular weight excluding hydrogens is 525 g/mol. The SMILES string of the molecule is CC(C)[C@@H]1CC2CC(c3cc(F)ccc3F)(S(=O)(=O)c3ccc(C(F)(F)F)cc3)CCC2NS1(=O)=O. The molecule has 1 saturated carbocycles. The quantitative estimate of drug-likeness (QED) is 0.532. The van der Waals surface area contributed by atoms with Gasteiger partial charge in [-0.3, -0.25) is 0 Å². The fourth-order valence-electron chi connectivity index (χ4n) is 5.58. The zero-order valence-electron chi connectivity index (χ0n) is 19.5. The van der Waals surface area contributed by atoms with Gasteiger partial charge in [-0.1, -0.05) is 13.8 Å². The number of rotatable bonds is 4. The average molecular weight is 552 g/mol. The first kappa shape index (κ1) is 27.0. The Labute approximate surface area is 207 Å². The number of sulfonamides is 1. The van der Waals surface area contributed by atoms with Crippen LogP contribution in [-0.4, -0.2) is 28.1 Å². The first-order valence-electron chi connectivity index (χ1n) is 11.5. The summed E-state index contributed by atoms with van der Waals surface area (Å²) in [6.45, 7) is 3.46. The van der Waals surface area contributed by atoms with Crippen molar-refractivity contribution in [3.63, 3.8) is 0 Å². The Bertz CT molecular complexity index is 1360. The van der Waals surface area contributed by atoms with Crippen LogP contribution in [-0.2, 0) is 30.8 Å². The van der Waals surface area contributed by atoms with E-state index in [1.807, 2.05) is 0 Å². The lowest BCUT2D eigenvalue weighted by Crippen LogP contribution is -2.58. The summed E-state index contributed by atoms with van der Waals surface area (Å²) in [5.74, 6) is -2.61. The zero-order chi connectivity index (χ0) is 26.7. The fourth-order valence-corrected chi connectivity index (χ4v) is 9.91. The molecule has 1 saturated heterocycles. The van der Waals surface area contributed by atoms with E-state index in [4.69, 9.17) is 0 Å². The van der Waals surface area contributed by atoms with Crippen molar-refractivity contribution in [3.8, 4) is 0 Å². The van der Waals surface area contributed by atoms with Crippen molar-refractivity contribution >= 4 is 19.9 Å². The molecule has 3 unspecified atom stereocenters. The van der Waals surface area contributed by atoms with E-state index in [9.17, 15) is 34.4 Å². The number of hydrogen-bond acceptors (Lipinski definition) is 4. The first-order chi connectivity index (χ1) is 16.6. The van der Waals surface area contributed by atoms with Crippen molar-refractivity contribution in [2.75, 3.05) is 0 Å². The summed E-state index contributed by atoms with van der Waals surface area (Å²) >= 11 is 0. The molecular formula is C24H26F5NO4S2. The Hall–Kier alpha value is -2.05. The van der Waals surface area contributed by atoms with Crippen LogP contribution in [0.25, 0.3) is 0 Å². The van der Waals surface area contributed by atoms with Gasteiger partial charge in [-0.2, -0.15) is 13.2 Å².